The summed E-state index contributed by atoms with van der Waals surface area (Å²) in [7, 11) is 2.23. The molecule has 0 aliphatic carbocycles. The number of likely N-dealkylation sites (tertiary alicyclic amines) is 3. The average molecular weight is 337 g/mol. The second kappa shape index (κ2) is 8.15. The Labute approximate surface area is 147 Å². The van der Waals surface area contributed by atoms with Crippen molar-refractivity contribution in [1.82, 2.24) is 20.0 Å². The van der Waals surface area contributed by atoms with Gasteiger partial charge in [-0.1, -0.05) is 6.92 Å². The number of amides is 1. The first-order valence-electron chi connectivity index (χ1n) is 9.92. The highest BCUT2D eigenvalue weighted by Gasteiger charge is 2.33. The first kappa shape index (κ1) is 18.2. The molecule has 0 aromatic rings. The van der Waals surface area contributed by atoms with Crippen molar-refractivity contribution < 1.29 is 4.79 Å². The van der Waals surface area contributed by atoms with E-state index in [0.717, 1.165) is 26.2 Å². The van der Waals surface area contributed by atoms with E-state index < -0.39 is 0 Å². The summed E-state index contributed by atoms with van der Waals surface area (Å²) in [5, 5.41) is 3.18. The Hall–Kier alpha value is -0.650. The molecule has 0 spiro atoms. The van der Waals surface area contributed by atoms with Crippen LogP contribution in [0.2, 0.25) is 0 Å². The Morgan fingerprint density at radius 2 is 1.79 bits per heavy atom. The smallest absolute Gasteiger partial charge is 0.234 e. The van der Waals surface area contributed by atoms with Gasteiger partial charge < -0.3 is 15.1 Å². The fourth-order valence-electron chi connectivity index (χ4n) is 4.54. The Morgan fingerprint density at radius 3 is 2.50 bits per heavy atom. The summed E-state index contributed by atoms with van der Waals surface area (Å²) in [6.07, 6.45) is 6.37. The molecule has 0 unspecified atom stereocenters. The van der Waals surface area contributed by atoms with Crippen LogP contribution in [0.15, 0.2) is 0 Å². The lowest BCUT2D eigenvalue weighted by Gasteiger charge is -2.40. The largest absolute Gasteiger partial charge is 0.355 e. The van der Waals surface area contributed by atoms with Gasteiger partial charge in [0.25, 0.3) is 0 Å². The van der Waals surface area contributed by atoms with Crippen LogP contribution in [-0.2, 0) is 4.79 Å². The van der Waals surface area contributed by atoms with Crippen molar-refractivity contribution in [3.63, 3.8) is 0 Å². The number of rotatable bonds is 6. The Morgan fingerprint density at radius 1 is 1.08 bits per heavy atom. The molecule has 1 N–H and O–H groups in total. The highest BCUT2D eigenvalue weighted by Crippen LogP contribution is 2.32. The summed E-state index contributed by atoms with van der Waals surface area (Å²) in [6, 6.07) is 0. The third kappa shape index (κ3) is 5.17. The molecule has 1 amide bonds. The Bertz CT molecular complexity index is 414. The number of piperidine rings is 1. The minimum atomic E-state index is 0.220. The fourth-order valence-corrected chi connectivity index (χ4v) is 4.54. The molecule has 3 fully saturated rings. The van der Waals surface area contributed by atoms with Gasteiger partial charge >= 0.3 is 0 Å². The predicted octanol–water partition coefficient (Wildman–Crippen LogP) is 1.25. The van der Waals surface area contributed by atoms with Crippen LogP contribution in [0.4, 0.5) is 0 Å². The van der Waals surface area contributed by atoms with Crippen molar-refractivity contribution in [3.8, 4) is 0 Å². The summed E-state index contributed by atoms with van der Waals surface area (Å²) >= 11 is 0. The molecule has 0 radical (unpaired) electrons. The first-order valence-corrected chi connectivity index (χ1v) is 9.92. The number of nitrogens with one attached hydrogen (secondary N) is 1. The normalized spacial score (nSPS) is 29.2. The van der Waals surface area contributed by atoms with E-state index in [9.17, 15) is 4.79 Å². The van der Waals surface area contributed by atoms with Crippen LogP contribution in [0, 0.1) is 11.3 Å². The maximum absolute atomic E-state index is 12.1. The monoisotopic (exact) mass is 336 g/mol. The van der Waals surface area contributed by atoms with Crippen molar-refractivity contribution in [2.24, 2.45) is 11.3 Å². The topological polar surface area (TPSA) is 38.8 Å². The SMILES string of the molecule is CN1CCC(C)(CN2CC[C@@H](CNC(=O)CN3CCCC3)C2)CC1. The lowest BCUT2D eigenvalue weighted by molar-refractivity contribution is -0.122. The lowest BCUT2D eigenvalue weighted by Crippen LogP contribution is -2.43. The molecule has 3 aliphatic heterocycles. The maximum Gasteiger partial charge on any atom is 0.234 e. The highest BCUT2D eigenvalue weighted by molar-refractivity contribution is 5.78. The fraction of sp³-hybridized carbons (Fsp3) is 0.947. The molecule has 3 aliphatic rings. The standard InChI is InChI=1S/C19H36N4O/c1-19(6-11-21(2)12-7-19)16-23-10-5-17(14-23)13-20-18(24)15-22-8-3-4-9-22/h17H,3-16H2,1-2H3,(H,20,24)/t17-/m0/s1. The van der Waals surface area contributed by atoms with Gasteiger partial charge in [-0.05, 0) is 83.2 Å². The number of carbonyl (C=O) groups is 1. The predicted molar refractivity (Wildman–Crippen MR) is 98.1 cm³/mol. The first-order chi connectivity index (χ1) is 11.5. The minimum Gasteiger partial charge on any atom is -0.355 e. The van der Waals surface area contributed by atoms with Gasteiger partial charge in [0.05, 0.1) is 6.54 Å². The van der Waals surface area contributed by atoms with Gasteiger partial charge in [-0.15, -0.1) is 0 Å². The quantitative estimate of drug-likeness (QED) is 0.792. The van der Waals surface area contributed by atoms with Crippen molar-refractivity contribution in [3.05, 3.63) is 0 Å². The molecule has 3 saturated heterocycles. The summed E-state index contributed by atoms with van der Waals surface area (Å²) in [6.45, 7) is 12.2. The van der Waals surface area contributed by atoms with E-state index in [-0.39, 0.29) is 5.91 Å². The molecule has 0 saturated carbocycles. The van der Waals surface area contributed by atoms with Gasteiger partial charge in [0.15, 0.2) is 0 Å². The molecule has 0 bridgehead atoms. The molecule has 0 aromatic heterocycles. The molecule has 1 atom stereocenters. The van der Waals surface area contributed by atoms with E-state index in [1.165, 1.54) is 58.3 Å². The summed E-state index contributed by atoms with van der Waals surface area (Å²) < 4.78 is 0. The van der Waals surface area contributed by atoms with Crippen molar-refractivity contribution in [2.45, 2.75) is 39.0 Å². The molecule has 0 aromatic carbocycles. The van der Waals surface area contributed by atoms with Gasteiger partial charge in [0.1, 0.15) is 0 Å². The number of nitrogens with zero attached hydrogens (tertiary/aromatic N) is 3. The maximum atomic E-state index is 12.1. The second-order valence-electron chi connectivity index (χ2n) is 8.79. The lowest BCUT2D eigenvalue weighted by atomic mass is 9.80. The van der Waals surface area contributed by atoms with Crippen LogP contribution in [0.25, 0.3) is 0 Å². The molecule has 138 valence electrons. The van der Waals surface area contributed by atoms with Crippen LogP contribution in [0.5, 0.6) is 0 Å². The van der Waals surface area contributed by atoms with Gasteiger partial charge in [0, 0.05) is 19.6 Å². The van der Waals surface area contributed by atoms with E-state index >= 15 is 0 Å². The van der Waals surface area contributed by atoms with Crippen LogP contribution < -0.4 is 5.32 Å². The number of hydrogen-bond donors (Lipinski definition) is 1. The van der Waals surface area contributed by atoms with E-state index in [4.69, 9.17) is 0 Å². The van der Waals surface area contributed by atoms with Gasteiger partial charge in [0.2, 0.25) is 5.91 Å². The number of hydrogen-bond acceptors (Lipinski definition) is 4. The molecule has 3 heterocycles. The zero-order valence-corrected chi connectivity index (χ0v) is 15.7. The zero-order chi connectivity index (χ0) is 17.0. The Balaban J connectivity index is 1.34. The van der Waals surface area contributed by atoms with Crippen molar-refractivity contribution >= 4 is 5.91 Å². The highest BCUT2D eigenvalue weighted by atomic mass is 16.2. The van der Waals surface area contributed by atoms with Gasteiger partial charge in [-0.2, -0.15) is 0 Å². The van der Waals surface area contributed by atoms with Gasteiger partial charge in [-0.25, -0.2) is 0 Å². The third-order valence-electron chi connectivity index (χ3n) is 6.32. The van der Waals surface area contributed by atoms with E-state index in [1.54, 1.807) is 0 Å². The van der Waals surface area contributed by atoms with Gasteiger partial charge in [-0.3, -0.25) is 9.69 Å². The number of carbonyl (C=O) groups excluding carboxylic acids is 1. The van der Waals surface area contributed by atoms with E-state index in [1.807, 2.05) is 0 Å². The average Bonchev–Trinajstić information content (AvgIpc) is 3.20. The van der Waals surface area contributed by atoms with Crippen molar-refractivity contribution in [2.75, 3.05) is 66.0 Å². The third-order valence-corrected chi connectivity index (χ3v) is 6.32. The molecular weight excluding hydrogens is 300 g/mol. The molecular formula is C19H36N4O. The van der Waals surface area contributed by atoms with Crippen LogP contribution in [-0.4, -0.2) is 86.6 Å². The summed E-state index contributed by atoms with van der Waals surface area (Å²) in [5.41, 5.74) is 0.487. The van der Waals surface area contributed by atoms with E-state index in [2.05, 4.69) is 34.0 Å². The zero-order valence-electron chi connectivity index (χ0n) is 15.7. The molecule has 5 nitrogen and oxygen atoms in total. The van der Waals surface area contributed by atoms with Crippen LogP contribution >= 0.6 is 0 Å². The minimum absolute atomic E-state index is 0.220. The summed E-state index contributed by atoms with van der Waals surface area (Å²) in [5.74, 6) is 0.861. The van der Waals surface area contributed by atoms with Crippen LogP contribution in [0.1, 0.15) is 39.0 Å². The second-order valence-corrected chi connectivity index (χ2v) is 8.79. The summed E-state index contributed by atoms with van der Waals surface area (Å²) in [4.78, 5) is 19.4. The molecule has 3 rings (SSSR count). The van der Waals surface area contributed by atoms with Crippen LogP contribution in [0.3, 0.4) is 0 Å². The van der Waals surface area contributed by atoms with Crippen molar-refractivity contribution in [1.29, 1.82) is 0 Å². The molecule has 5 heteroatoms. The molecule has 24 heavy (non-hydrogen) atoms. The van der Waals surface area contributed by atoms with E-state index in [0.29, 0.717) is 17.9 Å². The Kier molecular flexibility index (Phi) is 6.17.